The molecule has 0 aliphatic carbocycles. The van der Waals surface area contributed by atoms with Crippen LogP contribution in [0.1, 0.15) is 28.0 Å². The van der Waals surface area contributed by atoms with Crippen LogP contribution >= 0.6 is 15.9 Å². The maximum Gasteiger partial charge on any atom is 0.419 e. The molecule has 0 atom stereocenters. The van der Waals surface area contributed by atoms with E-state index in [4.69, 9.17) is 5.11 Å². The molecular weight excluding hydrogens is 317 g/mol. The average Bonchev–Trinajstić information content (AvgIpc) is 2.13. The van der Waals surface area contributed by atoms with Gasteiger partial charge in [0.25, 0.3) is 6.43 Å². The second kappa shape index (κ2) is 4.55. The first-order valence-corrected chi connectivity index (χ1v) is 4.72. The van der Waals surface area contributed by atoms with Gasteiger partial charge in [-0.05, 0) is 15.9 Å². The van der Waals surface area contributed by atoms with E-state index in [2.05, 4.69) is 20.9 Å². The van der Waals surface area contributed by atoms with Crippen LogP contribution in [0.3, 0.4) is 0 Å². The summed E-state index contributed by atoms with van der Waals surface area (Å²) in [5.41, 5.74) is -3.81. The molecule has 0 unspecified atom stereocenters. The topological polar surface area (TPSA) is 50.2 Å². The van der Waals surface area contributed by atoms with E-state index in [1.807, 2.05) is 0 Å². The van der Waals surface area contributed by atoms with Crippen molar-refractivity contribution in [3.05, 3.63) is 27.5 Å². The third-order valence-corrected chi connectivity index (χ3v) is 2.59. The molecule has 0 aromatic carbocycles. The Kier molecular flexibility index (Phi) is 3.70. The molecule has 9 heteroatoms. The van der Waals surface area contributed by atoms with Gasteiger partial charge in [0.15, 0.2) is 0 Å². The summed E-state index contributed by atoms with van der Waals surface area (Å²) in [5.74, 6) is -1.91. The van der Waals surface area contributed by atoms with E-state index in [-0.39, 0.29) is 6.20 Å². The zero-order valence-corrected chi connectivity index (χ0v) is 9.31. The standard InChI is InChI=1S/C8H3BrF5NO2/c9-4-2(8(12,13)14)1-15-5(6(10)11)3(4)7(16)17/h1,6H,(H,16,17). The molecule has 0 aliphatic heterocycles. The van der Waals surface area contributed by atoms with Crippen molar-refractivity contribution in [2.24, 2.45) is 0 Å². The van der Waals surface area contributed by atoms with Gasteiger partial charge in [0.1, 0.15) is 11.3 Å². The molecule has 0 saturated heterocycles. The van der Waals surface area contributed by atoms with E-state index in [0.29, 0.717) is 0 Å². The fourth-order valence-corrected chi connectivity index (χ4v) is 1.77. The van der Waals surface area contributed by atoms with Gasteiger partial charge < -0.3 is 5.11 Å². The van der Waals surface area contributed by atoms with Gasteiger partial charge in [0.05, 0.1) is 5.56 Å². The zero-order valence-electron chi connectivity index (χ0n) is 7.73. The number of rotatable bonds is 2. The van der Waals surface area contributed by atoms with Gasteiger partial charge in [-0.15, -0.1) is 0 Å². The highest BCUT2D eigenvalue weighted by atomic mass is 79.9. The van der Waals surface area contributed by atoms with Crippen LogP contribution < -0.4 is 0 Å². The summed E-state index contributed by atoms with van der Waals surface area (Å²) in [4.78, 5) is 13.5. The molecule has 0 bridgehead atoms. The van der Waals surface area contributed by atoms with Gasteiger partial charge in [0.2, 0.25) is 0 Å². The summed E-state index contributed by atoms with van der Waals surface area (Å²) < 4.78 is 60.9. The van der Waals surface area contributed by atoms with Crippen LogP contribution in [0.4, 0.5) is 22.0 Å². The van der Waals surface area contributed by atoms with Crippen molar-refractivity contribution in [2.45, 2.75) is 12.6 Å². The number of aromatic carboxylic acids is 1. The number of carbonyl (C=O) groups is 1. The Bertz CT molecular complexity index is 460. The lowest BCUT2D eigenvalue weighted by Crippen LogP contribution is -2.14. The first kappa shape index (κ1) is 13.8. The van der Waals surface area contributed by atoms with E-state index >= 15 is 0 Å². The molecule has 0 aliphatic rings. The van der Waals surface area contributed by atoms with Crippen LogP contribution in [0, 0.1) is 0 Å². The van der Waals surface area contributed by atoms with Crippen molar-refractivity contribution in [3.63, 3.8) is 0 Å². The van der Waals surface area contributed by atoms with Gasteiger partial charge in [0, 0.05) is 10.7 Å². The Morgan fingerprint density at radius 3 is 2.29 bits per heavy atom. The fraction of sp³-hybridized carbons (Fsp3) is 0.250. The van der Waals surface area contributed by atoms with E-state index in [1.54, 1.807) is 0 Å². The molecule has 1 aromatic heterocycles. The molecule has 1 rings (SSSR count). The van der Waals surface area contributed by atoms with Crippen LogP contribution in [0.25, 0.3) is 0 Å². The van der Waals surface area contributed by atoms with Crippen LogP contribution in [-0.4, -0.2) is 16.1 Å². The summed E-state index contributed by atoms with van der Waals surface area (Å²) in [6.45, 7) is 0. The molecule has 1 aromatic rings. The molecule has 17 heavy (non-hydrogen) atoms. The fourth-order valence-electron chi connectivity index (χ4n) is 1.07. The van der Waals surface area contributed by atoms with Gasteiger partial charge in [-0.3, -0.25) is 4.98 Å². The van der Waals surface area contributed by atoms with Crippen LogP contribution in [-0.2, 0) is 6.18 Å². The highest BCUT2D eigenvalue weighted by molar-refractivity contribution is 9.10. The van der Waals surface area contributed by atoms with Crippen LogP contribution in [0.15, 0.2) is 10.7 Å². The number of hydrogen-bond donors (Lipinski definition) is 1. The Morgan fingerprint density at radius 1 is 1.41 bits per heavy atom. The van der Waals surface area contributed by atoms with Gasteiger partial charge in [-0.1, -0.05) is 0 Å². The van der Waals surface area contributed by atoms with Crippen molar-refractivity contribution in [1.82, 2.24) is 4.98 Å². The Balaban J connectivity index is 3.56. The van der Waals surface area contributed by atoms with Crippen molar-refractivity contribution in [2.75, 3.05) is 0 Å². The van der Waals surface area contributed by atoms with E-state index in [1.165, 1.54) is 0 Å². The lowest BCUT2D eigenvalue weighted by atomic mass is 10.1. The highest BCUT2D eigenvalue weighted by Crippen LogP contribution is 2.38. The van der Waals surface area contributed by atoms with Crippen LogP contribution in [0.2, 0.25) is 0 Å². The zero-order chi connectivity index (χ0) is 13.4. The number of hydrogen-bond acceptors (Lipinski definition) is 2. The van der Waals surface area contributed by atoms with Gasteiger partial charge >= 0.3 is 12.1 Å². The minimum absolute atomic E-state index is 0.165. The van der Waals surface area contributed by atoms with Crippen molar-refractivity contribution in [3.8, 4) is 0 Å². The molecule has 1 N–H and O–H groups in total. The summed E-state index contributed by atoms with van der Waals surface area (Å²) in [6.07, 6.45) is -7.99. The molecular formula is C8H3BrF5NO2. The normalized spacial score (nSPS) is 11.9. The Labute approximate surface area is 99.4 Å². The first-order valence-electron chi connectivity index (χ1n) is 3.93. The molecule has 3 nitrogen and oxygen atoms in total. The van der Waals surface area contributed by atoms with Gasteiger partial charge in [-0.25, -0.2) is 13.6 Å². The number of nitrogens with zero attached hydrogens (tertiary/aromatic N) is 1. The average molecular weight is 320 g/mol. The largest absolute Gasteiger partial charge is 0.478 e. The molecule has 1 heterocycles. The number of alkyl halides is 5. The Hall–Kier alpha value is -1.25. The van der Waals surface area contributed by atoms with Crippen LogP contribution in [0.5, 0.6) is 0 Å². The first-order chi connectivity index (χ1) is 7.66. The minimum atomic E-state index is -4.88. The summed E-state index contributed by atoms with van der Waals surface area (Å²) in [6, 6.07) is 0. The van der Waals surface area contributed by atoms with Crippen molar-refractivity contribution in [1.29, 1.82) is 0 Å². The van der Waals surface area contributed by atoms with Crippen molar-refractivity contribution < 1.29 is 31.9 Å². The second-order valence-electron chi connectivity index (χ2n) is 2.85. The summed E-state index contributed by atoms with van der Waals surface area (Å²) >= 11 is 2.36. The predicted octanol–water partition coefficient (Wildman–Crippen LogP) is 3.50. The SMILES string of the molecule is O=C(O)c1c(C(F)F)ncc(C(F)(F)F)c1Br. The molecule has 0 fully saturated rings. The number of halogens is 6. The van der Waals surface area contributed by atoms with Crippen molar-refractivity contribution >= 4 is 21.9 Å². The predicted molar refractivity (Wildman–Crippen MR) is 48.9 cm³/mol. The Morgan fingerprint density at radius 2 is 1.94 bits per heavy atom. The quantitative estimate of drug-likeness (QED) is 0.849. The summed E-state index contributed by atoms with van der Waals surface area (Å²) in [7, 11) is 0. The minimum Gasteiger partial charge on any atom is -0.478 e. The molecule has 0 amide bonds. The maximum absolute atomic E-state index is 12.4. The number of carboxylic acid groups (broad SMARTS) is 1. The maximum atomic E-state index is 12.4. The van der Waals surface area contributed by atoms with E-state index in [9.17, 15) is 26.7 Å². The number of carboxylic acids is 1. The molecule has 0 spiro atoms. The third kappa shape index (κ3) is 2.71. The highest BCUT2D eigenvalue weighted by Gasteiger charge is 2.37. The second-order valence-corrected chi connectivity index (χ2v) is 3.64. The lowest BCUT2D eigenvalue weighted by molar-refractivity contribution is -0.138. The number of aromatic nitrogens is 1. The molecule has 94 valence electrons. The van der Waals surface area contributed by atoms with E-state index < -0.39 is 39.9 Å². The lowest BCUT2D eigenvalue weighted by Gasteiger charge is -2.12. The van der Waals surface area contributed by atoms with E-state index in [0.717, 1.165) is 0 Å². The smallest absolute Gasteiger partial charge is 0.419 e. The third-order valence-electron chi connectivity index (χ3n) is 1.77. The number of pyridine rings is 1. The molecule has 0 radical (unpaired) electrons. The monoisotopic (exact) mass is 319 g/mol. The molecule has 0 saturated carbocycles. The summed E-state index contributed by atoms with van der Waals surface area (Å²) in [5, 5.41) is 8.61. The van der Waals surface area contributed by atoms with Gasteiger partial charge in [-0.2, -0.15) is 13.2 Å².